The monoisotopic (exact) mass is 419 g/mol. The molecule has 2 N–H and O–H groups in total. The van der Waals surface area contributed by atoms with E-state index in [0.717, 1.165) is 38.5 Å². The van der Waals surface area contributed by atoms with Gasteiger partial charge in [0, 0.05) is 33.9 Å². The van der Waals surface area contributed by atoms with Crippen LogP contribution in [0.4, 0.5) is 0 Å². The van der Waals surface area contributed by atoms with Crippen molar-refractivity contribution in [2.24, 2.45) is 4.99 Å². The Hall–Kier alpha value is -0.860. The molecule has 0 bridgehead atoms. The van der Waals surface area contributed by atoms with Crippen LogP contribution in [0.25, 0.3) is 0 Å². The van der Waals surface area contributed by atoms with E-state index in [4.69, 9.17) is 9.47 Å². The first kappa shape index (κ1) is 19.2. The molecule has 124 valence electrons. The average Bonchev–Trinajstić information content (AvgIpc) is 3.03. The molecule has 2 rings (SSSR count). The third-order valence-electron chi connectivity index (χ3n) is 3.54. The van der Waals surface area contributed by atoms with Crippen molar-refractivity contribution in [3.8, 4) is 0 Å². The molecule has 22 heavy (non-hydrogen) atoms. The van der Waals surface area contributed by atoms with Gasteiger partial charge in [0.05, 0.1) is 12.7 Å². The molecule has 0 amide bonds. The summed E-state index contributed by atoms with van der Waals surface area (Å²) in [6, 6.07) is 8.38. The summed E-state index contributed by atoms with van der Waals surface area (Å²) < 4.78 is 10.7. The maximum Gasteiger partial charge on any atom is 0.191 e. The smallest absolute Gasteiger partial charge is 0.191 e. The lowest BCUT2D eigenvalue weighted by Crippen LogP contribution is -2.40. The quantitative estimate of drug-likeness (QED) is 0.422. The molecule has 1 aromatic rings. The third kappa shape index (κ3) is 6.50. The summed E-state index contributed by atoms with van der Waals surface area (Å²) in [6.45, 7) is 3.09. The fourth-order valence-corrected chi connectivity index (χ4v) is 2.34. The van der Waals surface area contributed by atoms with Crippen LogP contribution in [0.1, 0.15) is 24.0 Å². The molecule has 0 saturated carbocycles. The van der Waals surface area contributed by atoms with Crippen molar-refractivity contribution >= 4 is 29.9 Å². The largest absolute Gasteiger partial charge is 0.380 e. The van der Waals surface area contributed by atoms with Gasteiger partial charge < -0.3 is 20.1 Å². The molecule has 0 aliphatic carbocycles. The first-order valence-electron chi connectivity index (χ1n) is 7.44. The molecular formula is C16H26IN3O2. The molecule has 1 saturated heterocycles. The maximum absolute atomic E-state index is 5.59. The third-order valence-corrected chi connectivity index (χ3v) is 3.54. The molecule has 1 heterocycles. The lowest BCUT2D eigenvalue weighted by Gasteiger charge is -2.15. The van der Waals surface area contributed by atoms with E-state index in [1.807, 2.05) is 0 Å². The van der Waals surface area contributed by atoms with Gasteiger partial charge in [0.15, 0.2) is 5.96 Å². The number of hydrogen-bond donors (Lipinski definition) is 2. The molecule has 6 heteroatoms. The Labute approximate surface area is 149 Å². The predicted octanol–water partition coefficient (Wildman–Crippen LogP) is 2.30. The van der Waals surface area contributed by atoms with Gasteiger partial charge in [-0.05, 0) is 24.0 Å². The first-order chi connectivity index (χ1) is 10.3. The highest BCUT2D eigenvalue weighted by Gasteiger charge is 2.15. The van der Waals surface area contributed by atoms with Gasteiger partial charge in [0.2, 0.25) is 0 Å². The van der Waals surface area contributed by atoms with Crippen LogP contribution in [0.2, 0.25) is 0 Å². The highest BCUT2D eigenvalue weighted by atomic mass is 127. The van der Waals surface area contributed by atoms with Crippen LogP contribution in [0.3, 0.4) is 0 Å². The number of halogens is 1. The summed E-state index contributed by atoms with van der Waals surface area (Å²) in [6.07, 6.45) is 2.61. The van der Waals surface area contributed by atoms with Gasteiger partial charge in [0.25, 0.3) is 0 Å². The van der Waals surface area contributed by atoms with Crippen LogP contribution in [0.15, 0.2) is 29.3 Å². The van der Waals surface area contributed by atoms with E-state index < -0.39 is 0 Å². The van der Waals surface area contributed by atoms with Crippen molar-refractivity contribution in [1.29, 1.82) is 0 Å². The number of benzene rings is 1. The Morgan fingerprint density at radius 3 is 2.59 bits per heavy atom. The number of guanidine groups is 1. The van der Waals surface area contributed by atoms with Gasteiger partial charge in [-0.3, -0.25) is 4.99 Å². The van der Waals surface area contributed by atoms with Gasteiger partial charge >= 0.3 is 0 Å². The number of nitrogens with zero attached hydrogens (tertiary/aromatic N) is 1. The van der Waals surface area contributed by atoms with Gasteiger partial charge in [-0.15, -0.1) is 24.0 Å². The van der Waals surface area contributed by atoms with Crippen LogP contribution in [0.5, 0.6) is 0 Å². The van der Waals surface area contributed by atoms with E-state index >= 15 is 0 Å². The van der Waals surface area contributed by atoms with Crippen LogP contribution >= 0.6 is 24.0 Å². The van der Waals surface area contributed by atoms with Crippen LogP contribution < -0.4 is 10.6 Å². The summed E-state index contributed by atoms with van der Waals surface area (Å²) in [7, 11) is 3.49. The summed E-state index contributed by atoms with van der Waals surface area (Å²) >= 11 is 0. The molecule has 5 nitrogen and oxygen atoms in total. The number of hydrogen-bond acceptors (Lipinski definition) is 3. The second-order valence-corrected chi connectivity index (χ2v) is 5.19. The highest BCUT2D eigenvalue weighted by Crippen LogP contribution is 2.10. The van der Waals surface area contributed by atoms with Gasteiger partial charge in [0.1, 0.15) is 0 Å². The molecule has 1 atom stereocenters. The highest BCUT2D eigenvalue weighted by molar-refractivity contribution is 14.0. The van der Waals surface area contributed by atoms with E-state index in [2.05, 4.69) is 39.9 Å². The van der Waals surface area contributed by atoms with Crippen LogP contribution in [-0.2, 0) is 22.6 Å². The predicted molar refractivity (Wildman–Crippen MR) is 99.7 cm³/mol. The zero-order valence-electron chi connectivity index (χ0n) is 13.3. The Balaban J connectivity index is 0.00000242. The Morgan fingerprint density at radius 2 is 2.00 bits per heavy atom. The van der Waals surface area contributed by atoms with E-state index in [1.165, 1.54) is 11.1 Å². The number of nitrogens with one attached hydrogen (secondary N) is 2. The minimum atomic E-state index is 0. The second kappa shape index (κ2) is 10.8. The van der Waals surface area contributed by atoms with E-state index in [-0.39, 0.29) is 24.0 Å². The van der Waals surface area contributed by atoms with Gasteiger partial charge in [-0.1, -0.05) is 24.3 Å². The lowest BCUT2D eigenvalue weighted by atomic mass is 10.1. The number of rotatable bonds is 6. The first-order valence-corrected chi connectivity index (χ1v) is 7.44. The summed E-state index contributed by atoms with van der Waals surface area (Å²) in [5.74, 6) is 0.812. The van der Waals surface area contributed by atoms with E-state index in [9.17, 15) is 0 Å². The molecule has 1 fully saturated rings. The number of aliphatic imine (C=N–C) groups is 1. The van der Waals surface area contributed by atoms with Crippen molar-refractivity contribution in [1.82, 2.24) is 10.6 Å². The zero-order valence-corrected chi connectivity index (χ0v) is 15.6. The Kier molecular flexibility index (Phi) is 9.42. The van der Waals surface area contributed by atoms with E-state index in [0.29, 0.717) is 12.7 Å². The van der Waals surface area contributed by atoms with Gasteiger partial charge in [-0.25, -0.2) is 0 Å². The minimum Gasteiger partial charge on any atom is -0.380 e. The minimum absolute atomic E-state index is 0. The summed E-state index contributed by atoms with van der Waals surface area (Å²) in [5.41, 5.74) is 2.40. The Bertz CT molecular complexity index is 445. The van der Waals surface area contributed by atoms with Crippen molar-refractivity contribution in [2.45, 2.75) is 32.1 Å². The SMILES string of the molecule is CN=C(NCc1ccc(COC)cc1)NCC1CCCO1.I. The van der Waals surface area contributed by atoms with Gasteiger partial charge in [-0.2, -0.15) is 0 Å². The fourth-order valence-electron chi connectivity index (χ4n) is 2.34. The molecule has 1 aromatic carbocycles. The number of methoxy groups -OCH3 is 1. The average molecular weight is 419 g/mol. The van der Waals surface area contributed by atoms with Crippen molar-refractivity contribution in [2.75, 3.05) is 27.3 Å². The van der Waals surface area contributed by atoms with Crippen LogP contribution in [0, 0.1) is 0 Å². The summed E-state index contributed by atoms with van der Waals surface area (Å²) in [4.78, 5) is 4.23. The standard InChI is InChI=1S/C16H25N3O2.HI/c1-17-16(19-11-15-4-3-9-21-15)18-10-13-5-7-14(8-6-13)12-20-2;/h5-8,15H,3-4,9-12H2,1-2H3,(H2,17,18,19);1H. The van der Waals surface area contributed by atoms with Crippen molar-refractivity contribution < 1.29 is 9.47 Å². The molecule has 1 aliphatic heterocycles. The zero-order chi connectivity index (χ0) is 14.9. The topological polar surface area (TPSA) is 54.9 Å². The van der Waals surface area contributed by atoms with Crippen molar-refractivity contribution in [3.63, 3.8) is 0 Å². The van der Waals surface area contributed by atoms with E-state index in [1.54, 1.807) is 14.2 Å². The molecule has 0 radical (unpaired) electrons. The Morgan fingerprint density at radius 1 is 1.27 bits per heavy atom. The molecule has 0 spiro atoms. The second-order valence-electron chi connectivity index (χ2n) is 5.19. The van der Waals surface area contributed by atoms with Crippen molar-refractivity contribution in [3.05, 3.63) is 35.4 Å². The molecular weight excluding hydrogens is 393 g/mol. The summed E-state index contributed by atoms with van der Waals surface area (Å²) in [5, 5.41) is 6.62. The lowest BCUT2D eigenvalue weighted by molar-refractivity contribution is 0.114. The van der Waals surface area contributed by atoms with Crippen LogP contribution in [-0.4, -0.2) is 39.4 Å². The normalized spacial score (nSPS) is 17.9. The maximum atomic E-state index is 5.59. The molecule has 0 aromatic heterocycles. The number of ether oxygens (including phenoxy) is 2. The fraction of sp³-hybridized carbons (Fsp3) is 0.562. The molecule has 1 unspecified atom stereocenters. The molecule has 1 aliphatic rings.